The lowest BCUT2D eigenvalue weighted by molar-refractivity contribution is 0.265. The van der Waals surface area contributed by atoms with Crippen LogP contribution < -0.4 is 5.32 Å². The third-order valence-electron chi connectivity index (χ3n) is 3.64. The van der Waals surface area contributed by atoms with Crippen molar-refractivity contribution in [2.75, 3.05) is 26.7 Å². The summed E-state index contributed by atoms with van der Waals surface area (Å²) in [6, 6.07) is 4.58. The maximum absolute atomic E-state index is 13.2. The van der Waals surface area contributed by atoms with Gasteiger partial charge in [-0.05, 0) is 49.2 Å². The molecule has 1 aliphatic heterocycles. The minimum Gasteiger partial charge on any atom is -0.319 e. The van der Waals surface area contributed by atoms with E-state index in [1.54, 1.807) is 6.07 Å². The Labute approximate surface area is 113 Å². The first-order valence-electron chi connectivity index (χ1n) is 6.33. The Morgan fingerprint density at radius 1 is 1.50 bits per heavy atom. The van der Waals surface area contributed by atoms with Crippen molar-refractivity contribution in [1.82, 2.24) is 10.2 Å². The van der Waals surface area contributed by atoms with Crippen LogP contribution in [-0.2, 0) is 6.54 Å². The molecule has 1 aliphatic rings. The molecule has 1 aromatic carbocycles. The van der Waals surface area contributed by atoms with E-state index in [1.807, 2.05) is 7.05 Å². The van der Waals surface area contributed by atoms with E-state index in [0.717, 1.165) is 31.7 Å². The Morgan fingerprint density at radius 3 is 3.00 bits per heavy atom. The number of nitrogens with zero attached hydrogens (tertiary/aromatic N) is 1. The number of halogens is 2. The minimum absolute atomic E-state index is 0.216. The number of hydrogen-bond donors (Lipinski definition) is 1. The molecule has 2 nitrogen and oxygen atoms in total. The predicted molar refractivity (Wildman–Crippen MR) is 73.3 cm³/mol. The van der Waals surface area contributed by atoms with Gasteiger partial charge >= 0.3 is 0 Å². The lowest BCUT2D eigenvalue weighted by atomic mass is 9.90. The van der Waals surface area contributed by atoms with Crippen molar-refractivity contribution in [2.45, 2.75) is 19.9 Å². The molecule has 1 fully saturated rings. The molecule has 0 aliphatic carbocycles. The van der Waals surface area contributed by atoms with E-state index >= 15 is 0 Å². The second kappa shape index (κ2) is 5.55. The van der Waals surface area contributed by atoms with Crippen LogP contribution in [0.4, 0.5) is 4.39 Å². The molecule has 1 aromatic rings. The van der Waals surface area contributed by atoms with Gasteiger partial charge in [-0.2, -0.15) is 0 Å². The van der Waals surface area contributed by atoms with E-state index < -0.39 is 0 Å². The third-order valence-corrected chi connectivity index (χ3v) is 4.01. The minimum atomic E-state index is -0.216. The van der Waals surface area contributed by atoms with Crippen LogP contribution in [0.2, 0.25) is 5.02 Å². The summed E-state index contributed by atoms with van der Waals surface area (Å²) < 4.78 is 13.2. The standard InChI is InChI=1S/C14H20ClFN2/c1-14(9-17-2)5-6-18(10-14)8-11-7-12(16)3-4-13(11)15/h3-4,7,17H,5-6,8-10H2,1-2H3. The van der Waals surface area contributed by atoms with E-state index in [4.69, 9.17) is 11.6 Å². The lowest BCUT2D eigenvalue weighted by Crippen LogP contribution is -2.32. The number of rotatable bonds is 4. The van der Waals surface area contributed by atoms with Gasteiger partial charge in [0.05, 0.1) is 0 Å². The van der Waals surface area contributed by atoms with E-state index in [9.17, 15) is 4.39 Å². The van der Waals surface area contributed by atoms with Crippen LogP contribution in [0.15, 0.2) is 18.2 Å². The maximum Gasteiger partial charge on any atom is 0.123 e. The summed E-state index contributed by atoms with van der Waals surface area (Å²) in [5.41, 5.74) is 1.19. The second-order valence-electron chi connectivity index (χ2n) is 5.54. The van der Waals surface area contributed by atoms with Crippen molar-refractivity contribution in [2.24, 2.45) is 5.41 Å². The van der Waals surface area contributed by atoms with Gasteiger partial charge in [0, 0.05) is 24.7 Å². The molecule has 0 saturated carbocycles. The van der Waals surface area contributed by atoms with Crippen LogP contribution in [-0.4, -0.2) is 31.6 Å². The zero-order valence-corrected chi connectivity index (χ0v) is 11.7. The zero-order chi connectivity index (χ0) is 13.2. The van der Waals surface area contributed by atoms with Crippen molar-refractivity contribution < 1.29 is 4.39 Å². The highest BCUT2D eigenvalue weighted by Crippen LogP contribution is 2.31. The summed E-state index contributed by atoms with van der Waals surface area (Å²) in [5.74, 6) is -0.216. The first-order valence-corrected chi connectivity index (χ1v) is 6.71. The fourth-order valence-electron chi connectivity index (χ4n) is 2.74. The first-order chi connectivity index (χ1) is 8.52. The quantitative estimate of drug-likeness (QED) is 0.905. The summed E-state index contributed by atoms with van der Waals surface area (Å²) in [6.45, 7) is 6.11. The molecule has 100 valence electrons. The van der Waals surface area contributed by atoms with Crippen LogP contribution in [0.25, 0.3) is 0 Å². The zero-order valence-electron chi connectivity index (χ0n) is 11.0. The Morgan fingerprint density at radius 2 is 2.28 bits per heavy atom. The Hall–Kier alpha value is -0.640. The summed E-state index contributed by atoms with van der Waals surface area (Å²) in [7, 11) is 1.98. The van der Waals surface area contributed by atoms with Crippen molar-refractivity contribution in [3.05, 3.63) is 34.6 Å². The molecule has 1 N–H and O–H groups in total. The van der Waals surface area contributed by atoms with Crippen LogP contribution in [0.5, 0.6) is 0 Å². The van der Waals surface area contributed by atoms with Gasteiger partial charge in [0.15, 0.2) is 0 Å². The van der Waals surface area contributed by atoms with Crippen LogP contribution in [0.1, 0.15) is 18.9 Å². The largest absolute Gasteiger partial charge is 0.319 e. The third kappa shape index (κ3) is 3.22. The normalized spacial score (nSPS) is 24.7. The average Bonchev–Trinajstić information content (AvgIpc) is 2.66. The summed E-state index contributed by atoms with van der Waals surface area (Å²) in [4.78, 5) is 2.35. The molecule has 0 bridgehead atoms. The van der Waals surface area contributed by atoms with Crippen LogP contribution >= 0.6 is 11.6 Å². The molecule has 0 aromatic heterocycles. The molecule has 1 saturated heterocycles. The molecular formula is C14H20ClFN2. The summed E-state index contributed by atoms with van der Waals surface area (Å²) in [6.07, 6.45) is 1.17. The summed E-state index contributed by atoms with van der Waals surface area (Å²) in [5, 5.41) is 3.89. The molecular weight excluding hydrogens is 251 g/mol. The molecule has 18 heavy (non-hydrogen) atoms. The highest BCUT2D eigenvalue weighted by Gasteiger charge is 2.33. The molecule has 1 atom stereocenters. The van der Waals surface area contributed by atoms with Crippen molar-refractivity contribution in [1.29, 1.82) is 0 Å². The van der Waals surface area contributed by atoms with Crippen molar-refractivity contribution >= 4 is 11.6 Å². The van der Waals surface area contributed by atoms with Gasteiger partial charge in [-0.1, -0.05) is 18.5 Å². The van der Waals surface area contributed by atoms with Gasteiger partial charge < -0.3 is 5.32 Å². The SMILES string of the molecule is CNCC1(C)CCN(Cc2cc(F)ccc2Cl)C1. The maximum atomic E-state index is 13.2. The molecule has 2 rings (SSSR count). The monoisotopic (exact) mass is 270 g/mol. The second-order valence-corrected chi connectivity index (χ2v) is 5.94. The van der Waals surface area contributed by atoms with Crippen molar-refractivity contribution in [3.8, 4) is 0 Å². The fourth-order valence-corrected chi connectivity index (χ4v) is 2.91. The van der Waals surface area contributed by atoms with Gasteiger partial charge in [-0.3, -0.25) is 4.90 Å². The molecule has 1 heterocycles. The van der Waals surface area contributed by atoms with Crippen LogP contribution in [0.3, 0.4) is 0 Å². The first kappa shape index (κ1) is 13.8. The van der Waals surface area contributed by atoms with Gasteiger partial charge in [0.2, 0.25) is 0 Å². The molecule has 1 unspecified atom stereocenters. The Balaban J connectivity index is 2.01. The van der Waals surface area contributed by atoms with Gasteiger partial charge in [-0.15, -0.1) is 0 Å². The fraction of sp³-hybridized carbons (Fsp3) is 0.571. The van der Waals surface area contributed by atoms with Gasteiger partial charge in [0.1, 0.15) is 5.82 Å². The molecule has 0 spiro atoms. The molecule has 4 heteroatoms. The lowest BCUT2D eigenvalue weighted by Gasteiger charge is -2.24. The highest BCUT2D eigenvalue weighted by molar-refractivity contribution is 6.31. The number of hydrogen-bond acceptors (Lipinski definition) is 2. The Bertz CT molecular complexity index is 424. The van der Waals surface area contributed by atoms with E-state index in [0.29, 0.717) is 10.4 Å². The predicted octanol–water partition coefficient (Wildman–Crippen LogP) is 2.91. The van der Waals surface area contributed by atoms with Crippen molar-refractivity contribution in [3.63, 3.8) is 0 Å². The molecule has 0 radical (unpaired) electrons. The topological polar surface area (TPSA) is 15.3 Å². The molecule has 0 amide bonds. The van der Waals surface area contributed by atoms with Crippen LogP contribution in [0, 0.1) is 11.2 Å². The number of benzene rings is 1. The summed E-state index contributed by atoms with van der Waals surface area (Å²) >= 11 is 6.10. The van der Waals surface area contributed by atoms with Gasteiger partial charge in [-0.25, -0.2) is 4.39 Å². The average molecular weight is 271 g/mol. The number of nitrogens with one attached hydrogen (secondary N) is 1. The smallest absolute Gasteiger partial charge is 0.123 e. The number of likely N-dealkylation sites (tertiary alicyclic amines) is 1. The highest BCUT2D eigenvalue weighted by atomic mass is 35.5. The van der Waals surface area contributed by atoms with Gasteiger partial charge in [0.25, 0.3) is 0 Å². The van der Waals surface area contributed by atoms with E-state index in [1.165, 1.54) is 18.6 Å². The van der Waals surface area contributed by atoms with E-state index in [-0.39, 0.29) is 5.82 Å². The Kier molecular flexibility index (Phi) is 4.25. The van der Waals surface area contributed by atoms with E-state index in [2.05, 4.69) is 17.1 Å².